The molecular weight excluding hydrogens is 360 g/mol. The molecule has 2 atom stereocenters. The van der Waals surface area contributed by atoms with Gasteiger partial charge in [0, 0.05) is 17.8 Å². The zero-order valence-electron chi connectivity index (χ0n) is 16.8. The van der Waals surface area contributed by atoms with Gasteiger partial charge in [-0.05, 0) is 37.1 Å². The molecule has 0 bridgehead atoms. The van der Waals surface area contributed by atoms with E-state index in [0.717, 1.165) is 29.0 Å². The zero-order chi connectivity index (χ0) is 20.2. The van der Waals surface area contributed by atoms with E-state index in [4.69, 9.17) is 4.74 Å². The third-order valence-corrected chi connectivity index (χ3v) is 5.33. The monoisotopic (exact) mass is 386 g/mol. The fourth-order valence-electron chi connectivity index (χ4n) is 3.60. The number of carbonyl (C=O) groups excluding carboxylic acids is 1. The van der Waals surface area contributed by atoms with Gasteiger partial charge in [0.2, 0.25) is 0 Å². The first kappa shape index (κ1) is 19.1. The van der Waals surface area contributed by atoms with Crippen molar-refractivity contribution in [2.45, 2.75) is 39.1 Å². The maximum absolute atomic E-state index is 13.4. The number of hydrogen-bond donors (Lipinski definition) is 1. The minimum atomic E-state index is -0.308. The van der Waals surface area contributed by atoms with Crippen LogP contribution in [0.25, 0.3) is 0 Å². The fourth-order valence-corrected chi connectivity index (χ4v) is 3.60. The summed E-state index contributed by atoms with van der Waals surface area (Å²) in [6.45, 7) is 4.68. The van der Waals surface area contributed by atoms with E-state index >= 15 is 0 Å². The van der Waals surface area contributed by atoms with Gasteiger partial charge in [-0.1, -0.05) is 67.6 Å². The lowest BCUT2D eigenvalue weighted by molar-refractivity contribution is 0.0662. The second-order valence-electron chi connectivity index (χ2n) is 7.39. The van der Waals surface area contributed by atoms with E-state index in [1.54, 1.807) is 0 Å². The minimum Gasteiger partial charge on any atom is -0.490 e. The van der Waals surface area contributed by atoms with E-state index in [2.05, 4.69) is 19.2 Å². The van der Waals surface area contributed by atoms with Crippen LogP contribution in [0.3, 0.4) is 0 Å². The first-order chi connectivity index (χ1) is 14.2. The fraction of sp³-hybridized carbons (Fsp3) is 0.240. The van der Waals surface area contributed by atoms with E-state index in [-0.39, 0.29) is 18.2 Å². The molecule has 1 aliphatic heterocycles. The van der Waals surface area contributed by atoms with E-state index in [9.17, 15) is 4.79 Å². The van der Waals surface area contributed by atoms with Crippen molar-refractivity contribution < 1.29 is 9.53 Å². The number of amides is 1. The Labute approximate surface area is 172 Å². The van der Waals surface area contributed by atoms with E-state index in [1.807, 2.05) is 83.8 Å². The molecular formula is C25H26N2O2. The Balaban J connectivity index is 1.76. The van der Waals surface area contributed by atoms with Crippen LogP contribution in [-0.4, -0.2) is 16.9 Å². The number of ether oxygens (including phenoxy) is 1. The number of benzene rings is 3. The van der Waals surface area contributed by atoms with Crippen LogP contribution in [0.5, 0.6) is 5.75 Å². The molecule has 0 spiro atoms. The highest BCUT2D eigenvalue weighted by Gasteiger charge is 2.34. The van der Waals surface area contributed by atoms with Gasteiger partial charge in [-0.3, -0.25) is 4.79 Å². The molecule has 1 aliphatic rings. The number of nitrogens with one attached hydrogen (secondary N) is 1. The van der Waals surface area contributed by atoms with Gasteiger partial charge in [0.25, 0.3) is 5.91 Å². The second kappa shape index (κ2) is 8.39. The molecule has 1 N–H and O–H groups in total. The summed E-state index contributed by atoms with van der Waals surface area (Å²) in [6, 6.07) is 25.8. The van der Waals surface area contributed by atoms with Gasteiger partial charge in [-0.15, -0.1) is 0 Å². The summed E-state index contributed by atoms with van der Waals surface area (Å²) in [7, 11) is 0. The Bertz CT molecular complexity index is 987. The molecule has 1 heterocycles. The highest BCUT2D eigenvalue weighted by atomic mass is 16.5. The standard InChI is InChI=1S/C25H26N2O2/c1-3-18(2)29-23-16-10-8-14-21(23)24-26-22-15-9-7-13-20(22)25(28)27(24)17-19-11-5-4-6-12-19/h4-16,18,24,26H,3,17H2,1-2H3. The maximum atomic E-state index is 13.4. The molecule has 3 aromatic carbocycles. The Morgan fingerprint density at radius 2 is 1.66 bits per heavy atom. The summed E-state index contributed by atoms with van der Waals surface area (Å²) in [4.78, 5) is 15.3. The summed E-state index contributed by atoms with van der Waals surface area (Å²) in [6.07, 6.45) is 0.713. The van der Waals surface area contributed by atoms with E-state index in [1.165, 1.54) is 0 Å². The molecule has 1 amide bonds. The first-order valence-electron chi connectivity index (χ1n) is 10.1. The van der Waals surface area contributed by atoms with Crippen LogP contribution in [0, 0.1) is 0 Å². The number of para-hydroxylation sites is 2. The smallest absolute Gasteiger partial charge is 0.258 e. The van der Waals surface area contributed by atoms with E-state index in [0.29, 0.717) is 12.1 Å². The summed E-state index contributed by atoms with van der Waals surface area (Å²) >= 11 is 0. The minimum absolute atomic E-state index is 0.0200. The molecule has 0 saturated heterocycles. The Kier molecular flexibility index (Phi) is 5.52. The van der Waals surface area contributed by atoms with Gasteiger partial charge < -0.3 is 15.0 Å². The van der Waals surface area contributed by atoms with Crippen LogP contribution in [0.15, 0.2) is 78.9 Å². The third kappa shape index (κ3) is 3.97. The van der Waals surface area contributed by atoms with Crippen LogP contribution < -0.4 is 10.1 Å². The number of hydrogen-bond acceptors (Lipinski definition) is 3. The van der Waals surface area contributed by atoms with Crippen LogP contribution in [0.2, 0.25) is 0 Å². The lowest BCUT2D eigenvalue weighted by Gasteiger charge is -2.39. The van der Waals surface area contributed by atoms with Crippen molar-refractivity contribution in [3.8, 4) is 5.75 Å². The first-order valence-corrected chi connectivity index (χ1v) is 10.1. The maximum Gasteiger partial charge on any atom is 0.258 e. The van der Waals surface area contributed by atoms with Crippen LogP contribution in [0.4, 0.5) is 5.69 Å². The van der Waals surface area contributed by atoms with Crippen molar-refractivity contribution in [2.75, 3.05) is 5.32 Å². The van der Waals surface area contributed by atoms with Crippen LogP contribution in [-0.2, 0) is 6.54 Å². The number of anilines is 1. The van der Waals surface area contributed by atoms with Gasteiger partial charge in [-0.2, -0.15) is 0 Å². The number of fused-ring (bicyclic) bond motifs is 1. The van der Waals surface area contributed by atoms with Gasteiger partial charge in [0.05, 0.1) is 11.7 Å². The van der Waals surface area contributed by atoms with Crippen molar-refractivity contribution in [2.24, 2.45) is 0 Å². The van der Waals surface area contributed by atoms with Crippen molar-refractivity contribution in [3.63, 3.8) is 0 Å². The molecule has 0 saturated carbocycles. The van der Waals surface area contributed by atoms with Crippen LogP contribution >= 0.6 is 0 Å². The van der Waals surface area contributed by atoms with E-state index < -0.39 is 0 Å². The molecule has 4 rings (SSSR count). The van der Waals surface area contributed by atoms with Crippen molar-refractivity contribution in [1.29, 1.82) is 0 Å². The molecule has 2 unspecified atom stereocenters. The highest BCUT2D eigenvalue weighted by molar-refractivity contribution is 6.01. The predicted octanol–water partition coefficient (Wildman–Crippen LogP) is 5.63. The summed E-state index contributed by atoms with van der Waals surface area (Å²) < 4.78 is 6.19. The Hall–Kier alpha value is -3.27. The highest BCUT2D eigenvalue weighted by Crippen LogP contribution is 2.38. The quantitative estimate of drug-likeness (QED) is 0.597. The van der Waals surface area contributed by atoms with Crippen molar-refractivity contribution in [1.82, 2.24) is 4.90 Å². The summed E-state index contributed by atoms with van der Waals surface area (Å²) in [5, 5.41) is 3.57. The second-order valence-corrected chi connectivity index (χ2v) is 7.39. The molecule has 4 heteroatoms. The average Bonchev–Trinajstić information content (AvgIpc) is 2.77. The zero-order valence-corrected chi connectivity index (χ0v) is 16.8. The van der Waals surface area contributed by atoms with Gasteiger partial charge in [0.1, 0.15) is 11.9 Å². The number of carbonyl (C=O) groups is 1. The van der Waals surface area contributed by atoms with Gasteiger partial charge >= 0.3 is 0 Å². The van der Waals surface area contributed by atoms with Gasteiger partial charge in [-0.25, -0.2) is 0 Å². The molecule has 0 aromatic heterocycles. The van der Waals surface area contributed by atoms with Crippen LogP contribution in [0.1, 0.15) is 47.9 Å². The molecule has 29 heavy (non-hydrogen) atoms. The summed E-state index contributed by atoms with van der Waals surface area (Å²) in [5.41, 5.74) is 3.60. The topological polar surface area (TPSA) is 41.6 Å². The average molecular weight is 386 g/mol. The molecule has 0 fully saturated rings. The van der Waals surface area contributed by atoms with Crippen molar-refractivity contribution >= 4 is 11.6 Å². The third-order valence-electron chi connectivity index (χ3n) is 5.33. The molecule has 4 nitrogen and oxygen atoms in total. The summed E-state index contributed by atoms with van der Waals surface area (Å²) in [5.74, 6) is 0.830. The lowest BCUT2D eigenvalue weighted by atomic mass is 10.0. The Morgan fingerprint density at radius 1 is 0.966 bits per heavy atom. The van der Waals surface area contributed by atoms with Crippen molar-refractivity contribution in [3.05, 3.63) is 95.6 Å². The lowest BCUT2D eigenvalue weighted by Crippen LogP contribution is -2.42. The largest absolute Gasteiger partial charge is 0.490 e. The molecule has 0 aliphatic carbocycles. The SMILES string of the molecule is CCC(C)Oc1ccccc1C1Nc2ccccc2C(=O)N1Cc1ccccc1. The Morgan fingerprint density at radius 3 is 2.45 bits per heavy atom. The normalized spacial score (nSPS) is 16.7. The number of rotatable bonds is 6. The predicted molar refractivity (Wildman–Crippen MR) is 116 cm³/mol. The number of nitrogens with zero attached hydrogens (tertiary/aromatic N) is 1. The molecule has 148 valence electrons. The molecule has 3 aromatic rings. The van der Waals surface area contributed by atoms with Gasteiger partial charge in [0.15, 0.2) is 0 Å². The molecule has 0 radical (unpaired) electrons.